The van der Waals surface area contributed by atoms with E-state index in [2.05, 4.69) is 20.7 Å². The number of sulfonamides is 1. The first kappa shape index (κ1) is 12.9. The summed E-state index contributed by atoms with van der Waals surface area (Å²) in [6, 6.07) is 0. The molecule has 0 aromatic carbocycles. The molecular weight excluding hydrogens is 284 g/mol. The summed E-state index contributed by atoms with van der Waals surface area (Å²) < 4.78 is 24.2. The third-order valence-electron chi connectivity index (χ3n) is 2.30. The second kappa shape index (κ2) is 5.81. The molecule has 0 atom stereocenters. The van der Waals surface area contributed by atoms with E-state index in [9.17, 15) is 13.2 Å². The van der Waals surface area contributed by atoms with Crippen LogP contribution in [0.15, 0.2) is 0 Å². The molecule has 88 valence electrons. The van der Waals surface area contributed by atoms with Gasteiger partial charge in [0.1, 0.15) is 4.66 Å². The van der Waals surface area contributed by atoms with Crippen LogP contribution in [0.1, 0.15) is 19.3 Å². The van der Waals surface area contributed by atoms with Crippen molar-refractivity contribution < 1.29 is 13.2 Å². The molecule has 1 rings (SSSR count). The predicted octanol–water partition coefficient (Wildman–Crippen LogP) is 0.271. The van der Waals surface area contributed by atoms with E-state index in [0.29, 0.717) is 0 Å². The van der Waals surface area contributed by atoms with E-state index in [-0.39, 0.29) is 17.1 Å². The van der Waals surface area contributed by atoms with Gasteiger partial charge in [-0.3, -0.25) is 4.79 Å². The van der Waals surface area contributed by atoms with Crippen molar-refractivity contribution in [1.82, 2.24) is 9.62 Å². The van der Waals surface area contributed by atoms with Crippen LogP contribution in [0.4, 0.5) is 0 Å². The molecule has 0 spiro atoms. The zero-order chi connectivity index (χ0) is 11.3. The monoisotopic (exact) mass is 298 g/mol. The quantitative estimate of drug-likeness (QED) is 0.758. The van der Waals surface area contributed by atoms with Gasteiger partial charge >= 0.3 is 0 Å². The highest BCUT2D eigenvalue weighted by Gasteiger charge is 2.18. The Balaban J connectivity index is 2.35. The third-order valence-corrected chi connectivity index (χ3v) is 4.98. The molecule has 1 N–H and O–H groups in total. The zero-order valence-electron chi connectivity index (χ0n) is 8.41. The summed E-state index contributed by atoms with van der Waals surface area (Å²) in [4.78, 5) is 13.3. The van der Waals surface area contributed by atoms with Gasteiger partial charge in [0.2, 0.25) is 15.9 Å². The molecule has 0 saturated carbocycles. The van der Waals surface area contributed by atoms with Crippen LogP contribution in [0.25, 0.3) is 0 Å². The number of nitrogens with one attached hydrogen (secondary N) is 1. The van der Waals surface area contributed by atoms with Crippen molar-refractivity contribution in [2.45, 2.75) is 19.3 Å². The van der Waals surface area contributed by atoms with Crippen LogP contribution in [0.2, 0.25) is 0 Å². The number of alkyl halides is 1. The van der Waals surface area contributed by atoms with Crippen molar-refractivity contribution >= 4 is 31.9 Å². The first-order valence-electron chi connectivity index (χ1n) is 4.86. The fourth-order valence-corrected chi connectivity index (χ4v) is 2.37. The van der Waals surface area contributed by atoms with E-state index in [1.165, 1.54) is 0 Å². The van der Waals surface area contributed by atoms with Gasteiger partial charge in [0.15, 0.2) is 0 Å². The number of hydrogen-bond donors (Lipinski definition) is 1. The van der Waals surface area contributed by atoms with Gasteiger partial charge in [-0.05, 0) is 19.3 Å². The first-order valence-corrected chi connectivity index (χ1v) is 7.63. The molecule has 1 amide bonds. The number of likely N-dealkylation sites (tertiary alicyclic amines) is 1. The van der Waals surface area contributed by atoms with Crippen LogP contribution in [-0.2, 0) is 14.8 Å². The molecule has 0 aromatic rings. The molecule has 1 saturated heterocycles. The van der Waals surface area contributed by atoms with Crippen molar-refractivity contribution in [2.75, 3.05) is 24.3 Å². The summed E-state index contributed by atoms with van der Waals surface area (Å²) in [5.74, 6) is -0.140. The van der Waals surface area contributed by atoms with Crippen LogP contribution in [0.3, 0.4) is 0 Å². The average molecular weight is 299 g/mol. The van der Waals surface area contributed by atoms with Gasteiger partial charge in [-0.1, -0.05) is 15.9 Å². The predicted molar refractivity (Wildman–Crippen MR) is 61.1 cm³/mol. The molecule has 1 aliphatic rings. The Morgan fingerprint density at radius 1 is 1.27 bits per heavy atom. The lowest BCUT2D eigenvalue weighted by Crippen LogP contribution is -2.42. The number of halogens is 1. The summed E-state index contributed by atoms with van der Waals surface area (Å²) in [6.45, 7) is 1.36. The third kappa shape index (κ3) is 4.48. The lowest BCUT2D eigenvalue weighted by Gasteiger charge is -2.26. The summed E-state index contributed by atoms with van der Waals surface area (Å²) in [6.07, 6.45) is 3.17. The summed E-state index contributed by atoms with van der Waals surface area (Å²) >= 11 is 2.84. The lowest BCUT2D eigenvalue weighted by molar-refractivity contribution is -0.130. The summed E-state index contributed by atoms with van der Waals surface area (Å²) in [5, 5.41) is 0. The second-order valence-electron chi connectivity index (χ2n) is 3.49. The van der Waals surface area contributed by atoms with E-state index in [1.807, 2.05) is 0 Å². The van der Waals surface area contributed by atoms with Gasteiger partial charge in [0.05, 0.1) is 6.54 Å². The topological polar surface area (TPSA) is 66.5 Å². The number of hydrogen-bond acceptors (Lipinski definition) is 3. The van der Waals surface area contributed by atoms with Crippen LogP contribution in [0.5, 0.6) is 0 Å². The highest BCUT2D eigenvalue weighted by Crippen LogP contribution is 2.08. The normalized spacial score (nSPS) is 17.8. The van der Waals surface area contributed by atoms with Crippen molar-refractivity contribution in [3.63, 3.8) is 0 Å². The Hall–Kier alpha value is -0.140. The van der Waals surface area contributed by atoms with E-state index in [4.69, 9.17) is 0 Å². The Morgan fingerprint density at radius 2 is 1.87 bits per heavy atom. The minimum absolute atomic E-state index is 0.131. The average Bonchev–Trinajstić information content (AvgIpc) is 2.27. The number of carbonyl (C=O) groups is 1. The number of nitrogens with zero attached hydrogens (tertiary/aromatic N) is 1. The molecule has 0 aliphatic carbocycles. The highest BCUT2D eigenvalue weighted by atomic mass is 79.9. The summed E-state index contributed by atoms with van der Waals surface area (Å²) in [5.41, 5.74) is 0. The van der Waals surface area contributed by atoms with E-state index in [0.717, 1.165) is 32.4 Å². The molecule has 0 bridgehead atoms. The molecule has 0 radical (unpaired) electrons. The molecular formula is C8H15BrN2O3S. The van der Waals surface area contributed by atoms with Crippen molar-refractivity contribution in [3.8, 4) is 0 Å². The first-order chi connectivity index (χ1) is 7.05. The smallest absolute Gasteiger partial charge is 0.237 e. The SMILES string of the molecule is O=C(CNS(=O)(=O)CBr)N1CCCCC1. The van der Waals surface area contributed by atoms with Gasteiger partial charge in [-0.15, -0.1) is 0 Å². The molecule has 0 aromatic heterocycles. The number of rotatable bonds is 4. The van der Waals surface area contributed by atoms with Crippen molar-refractivity contribution in [3.05, 3.63) is 0 Å². The maximum absolute atomic E-state index is 11.5. The van der Waals surface area contributed by atoms with E-state index < -0.39 is 10.0 Å². The van der Waals surface area contributed by atoms with Crippen molar-refractivity contribution in [2.24, 2.45) is 0 Å². The molecule has 7 heteroatoms. The molecule has 15 heavy (non-hydrogen) atoms. The Morgan fingerprint density at radius 3 is 2.40 bits per heavy atom. The second-order valence-corrected chi connectivity index (χ2v) is 6.60. The maximum atomic E-state index is 11.5. The molecule has 1 aliphatic heterocycles. The van der Waals surface area contributed by atoms with Gasteiger partial charge in [0, 0.05) is 13.1 Å². The lowest BCUT2D eigenvalue weighted by atomic mass is 10.1. The molecule has 1 fully saturated rings. The summed E-state index contributed by atoms with van der Waals surface area (Å²) in [7, 11) is -3.33. The van der Waals surface area contributed by atoms with Crippen LogP contribution in [0, 0.1) is 0 Å². The van der Waals surface area contributed by atoms with E-state index in [1.54, 1.807) is 4.90 Å². The number of amides is 1. The standard InChI is InChI=1S/C8H15BrN2O3S/c9-7-15(13,14)10-6-8(12)11-4-2-1-3-5-11/h10H,1-7H2. The van der Waals surface area contributed by atoms with Gasteiger partial charge in [-0.2, -0.15) is 0 Å². The number of piperidine rings is 1. The van der Waals surface area contributed by atoms with Gasteiger partial charge in [-0.25, -0.2) is 13.1 Å². The molecule has 0 unspecified atom stereocenters. The Bertz CT molecular complexity index is 312. The van der Waals surface area contributed by atoms with Crippen molar-refractivity contribution in [1.29, 1.82) is 0 Å². The van der Waals surface area contributed by atoms with E-state index >= 15 is 0 Å². The van der Waals surface area contributed by atoms with Crippen LogP contribution >= 0.6 is 15.9 Å². The zero-order valence-corrected chi connectivity index (χ0v) is 10.8. The minimum Gasteiger partial charge on any atom is -0.342 e. The largest absolute Gasteiger partial charge is 0.342 e. The van der Waals surface area contributed by atoms with Crippen LogP contribution in [-0.4, -0.2) is 43.5 Å². The number of carbonyl (C=O) groups excluding carboxylic acids is 1. The maximum Gasteiger partial charge on any atom is 0.237 e. The fourth-order valence-electron chi connectivity index (χ4n) is 1.47. The van der Waals surface area contributed by atoms with Crippen LogP contribution < -0.4 is 4.72 Å². The molecule has 5 nitrogen and oxygen atoms in total. The fraction of sp³-hybridized carbons (Fsp3) is 0.875. The van der Waals surface area contributed by atoms with Gasteiger partial charge < -0.3 is 4.90 Å². The Labute approximate surface area is 98.4 Å². The van der Waals surface area contributed by atoms with Gasteiger partial charge in [0.25, 0.3) is 0 Å². The molecule has 1 heterocycles. The minimum atomic E-state index is -3.33. The Kier molecular flexibility index (Phi) is 5.01. The highest BCUT2D eigenvalue weighted by molar-refractivity contribution is 9.10.